The average Bonchev–Trinajstić information content (AvgIpc) is 3.33. The van der Waals surface area contributed by atoms with Crippen molar-refractivity contribution in [1.29, 1.82) is 0 Å². The summed E-state index contributed by atoms with van der Waals surface area (Å²) < 4.78 is 10.8. The van der Waals surface area contributed by atoms with E-state index in [-0.39, 0.29) is 23.7 Å². The monoisotopic (exact) mass is 395 g/mol. The summed E-state index contributed by atoms with van der Waals surface area (Å²) in [5.41, 5.74) is 0.555. The van der Waals surface area contributed by atoms with Crippen molar-refractivity contribution in [2.24, 2.45) is 17.3 Å². The molecule has 4 fully saturated rings. The van der Waals surface area contributed by atoms with Crippen molar-refractivity contribution in [2.45, 2.75) is 57.5 Å². The predicted octanol–water partition coefficient (Wildman–Crippen LogP) is 2.32. The van der Waals surface area contributed by atoms with Crippen LogP contribution in [0.15, 0.2) is 18.2 Å². The number of nitrogens with one attached hydrogen (secondary N) is 1. The number of tetrazole rings is 1. The first-order valence-electron chi connectivity index (χ1n) is 10.5. The van der Waals surface area contributed by atoms with Crippen LogP contribution < -0.4 is 14.8 Å². The molecule has 8 heteroatoms. The lowest BCUT2D eigenvalue weighted by molar-refractivity contribution is -0.157. The summed E-state index contributed by atoms with van der Waals surface area (Å²) >= 11 is 0. The first kappa shape index (κ1) is 17.2. The Morgan fingerprint density at radius 1 is 1.21 bits per heavy atom. The Morgan fingerprint density at radius 3 is 2.76 bits per heavy atom. The van der Waals surface area contributed by atoms with Crippen molar-refractivity contribution in [2.75, 3.05) is 6.79 Å². The Bertz CT molecular complexity index is 972. The van der Waals surface area contributed by atoms with Gasteiger partial charge in [-0.05, 0) is 80.2 Å². The minimum absolute atomic E-state index is 0.151. The highest BCUT2D eigenvalue weighted by atomic mass is 16.7. The predicted molar refractivity (Wildman–Crippen MR) is 102 cm³/mol. The Hall–Kier alpha value is -2.64. The van der Waals surface area contributed by atoms with Crippen molar-refractivity contribution in [1.82, 2.24) is 25.5 Å². The van der Waals surface area contributed by atoms with Gasteiger partial charge < -0.3 is 14.8 Å². The highest BCUT2D eigenvalue weighted by Crippen LogP contribution is 2.64. The summed E-state index contributed by atoms with van der Waals surface area (Å²) in [5, 5.41) is 16.2. The van der Waals surface area contributed by atoms with Gasteiger partial charge in [-0.25, -0.2) is 0 Å². The zero-order chi connectivity index (χ0) is 19.6. The minimum atomic E-state index is -0.318. The molecule has 29 heavy (non-hydrogen) atoms. The molecule has 1 aromatic carbocycles. The van der Waals surface area contributed by atoms with Crippen molar-refractivity contribution >= 4 is 5.91 Å². The van der Waals surface area contributed by atoms with E-state index in [4.69, 9.17) is 9.47 Å². The molecule has 0 radical (unpaired) electrons. The molecule has 2 unspecified atom stereocenters. The Labute approximate surface area is 168 Å². The number of aromatic nitrogens is 4. The van der Waals surface area contributed by atoms with E-state index in [2.05, 4.69) is 20.7 Å². The van der Waals surface area contributed by atoms with E-state index in [9.17, 15) is 4.79 Å². The van der Waals surface area contributed by atoms with Gasteiger partial charge in [0.2, 0.25) is 12.7 Å². The third kappa shape index (κ3) is 2.64. The SMILES string of the molecule is Cc1nnn(C23CC4CC(CC(C(=O)NCc5ccc6c(c5)OCO6)(C4)C2)C3)n1. The summed E-state index contributed by atoms with van der Waals surface area (Å²) in [7, 11) is 0. The second-order valence-electron chi connectivity index (χ2n) is 9.46. The minimum Gasteiger partial charge on any atom is -0.454 e. The van der Waals surface area contributed by atoms with Crippen LogP contribution in [0.2, 0.25) is 0 Å². The molecule has 7 rings (SSSR count). The second-order valence-corrected chi connectivity index (χ2v) is 9.46. The van der Waals surface area contributed by atoms with Crippen LogP contribution >= 0.6 is 0 Å². The summed E-state index contributed by atoms with van der Waals surface area (Å²) in [6.45, 7) is 2.63. The van der Waals surface area contributed by atoms with Gasteiger partial charge in [-0.15, -0.1) is 10.2 Å². The third-order valence-electron chi connectivity index (χ3n) is 7.34. The molecular formula is C21H25N5O3. The number of rotatable bonds is 4. The normalized spacial score (nSPS) is 33.8. The molecule has 152 valence electrons. The van der Waals surface area contributed by atoms with Crippen LogP contribution in [0.1, 0.15) is 49.9 Å². The van der Waals surface area contributed by atoms with Gasteiger partial charge in [0.05, 0.1) is 11.0 Å². The lowest BCUT2D eigenvalue weighted by Gasteiger charge is -2.60. The van der Waals surface area contributed by atoms with Gasteiger partial charge in [0, 0.05) is 6.54 Å². The molecule has 1 aromatic heterocycles. The number of hydrogen-bond acceptors (Lipinski definition) is 6. The molecule has 4 aliphatic carbocycles. The number of ether oxygens (including phenoxy) is 2. The standard InChI is InChI=1S/C21H25N5O3/c1-13-23-25-26(24-13)21-8-15-4-16(9-21)7-20(6-15,11-21)19(27)22-10-14-2-3-17-18(5-14)29-12-28-17/h2-3,5,15-16H,4,6-12H2,1H3,(H,22,27). The molecule has 8 nitrogen and oxygen atoms in total. The molecule has 4 bridgehead atoms. The topological polar surface area (TPSA) is 91.2 Å². The number of fused-ring (bicyclic) bond motifs is 1. The molecule has 0 saturated heterocycles. The molecule has 1 N–H and O–H groups in total. The average molecular weight is 395 g/mol. The quantitative estimate of drug-likeness (QED) is 0.854. The number of carbonyl (C=O) groups is 1. The third-order valence-corrected chi connectivity index (χ3v) is 7.34. The smallest absolute Gasteiger partial charge is 0.231 e. The zero-order valence-corrected chi connectivity index (χ0v) is 16.6. The number of carbonyl (C=O) groups excluding carboxylic acids is 1. The molecule has 2 aromatic rings. The lowest BCUT2D eigenvalue weighted by Crippen LogP contribution is -2.61. The fourth-order valence-electron chi connectivity index (χ4n) is 6.62. The van der Waals surface area contributed by atoms with Crippen LogP contribution in [0.5, 0.6) is 11.5 Å². The Morgan fingerprint density at radius 2 is 2.00 bits per heavy atom. The van der Waals surface area contributed by atoms with E-state index in [1.165, 1.54) is 6.42 Å². The van der Waals surface area contributed by atoms with Gasteiger partial charge in [0.15, 0.2) is 17.3 Å². The number of aryl methyl sites for hydroxylation is 1. The van der Waals surface area contributed by atoms with Crippen LogP contribution in [0.3, 0.4) is 0 Å². The van der Waals surface area contributed by atoms with Gasteiger partial charge in [-0.3, -0.25) is 4.79 Å². The highest BCUT2D eigenvalue weighted by molar-refractivity contribution is 5.83. The largest absolute Gasteiger partial charge is 0.454 e. The molecule has 5 aliphatic rings. The zero-order valence-electron chi connectivity index (χ0n) is 16.6. The fraction of sp³-hybridized carbons (Fsp3) is 0.619. The highest BCUT2D eigenvalue weighted by Gasteiger charge is 2.62. The summed E-state index contributed by atoms with van der Waals surface area (Å²) in [6, 6.07) is 5.84. The number of hydrogen-bond donors (Lipinski definition) is 1. The van der Waals surface area contributed by atoms with Gasteiger partial charge in [-0.2, -0.15) is 4.80 Å². The maximum atomic E-state index is 13.4. The van der Waals surface area contributed by atoms with Crippen molar-refractivity contribution in [3.63, 3.8) is 0 Å². The summed E-state index contributed by atoms with van der Waals surface area (Å²) in [4.78, 5) is 15.3. The molecule has 2 heterocycles. The van der Waals surface area contributed by atoms with Crippen LogP contribution in [-0.2, 0) is 16.9 Å². The molecular weight excluding hydrogens is 370 g/mol. The van der Waals surface area contributed by atoms with E-state index in [0.29, 0.717) is 24.2 Å². The Balaban J connectivity index is 1.23. The molecule has 4 saturated carbocycles. The molecule has 1 aliphatic heterocycles. The maximum absolute atomic E-state index is 13.4. The van der Waals surface area contributed by atoms with E-state index in [0.717, 1.165) is 49.2 Å². The Kier molecular flexibility index (Phi) is 3.53. The van der Waals surface area contributed by atoms with Crippen LogP contribution in [0.4, 0.5) is 0 Å². The first-order chi connectivity index (χ1) is 14.0. The van der Waals surface area contributed by atoms with E-state index in [1.54, 1.807) is 0 Å². The molecule has 0 spiro atoms. The van der Waals surface area contributed by atoms with Gasteiger partial charge >= 0.3 is 0 Å². The van der Waals surface area contributed by atoms with Crippen LogP contribution in [-0.4, -0.2) is 32.9 Å². The van der Waals surface area contributed by atoms with Crippen molar-refractivity contribution < 1.29 is 14.3 Å². The number of amides is 1. The first-order valence-corrected chi connectivity index (χ1v) is 10.5. The second kappa shape index (κ2) is 5.93. The van der Waals surface area contributed by atoms with Gasteiger partial charge in [-0.1, -0.05) is 6.07 Å². The van der Waals surface area contributed by atoms with Gasteiger partial charge in [0.25, 0.3) is 0 Å². The molecule has 2 atom stereocenters. The van der Waals surface area contributed by atoms with E-state index >= 15 is 0 Å². The van der Waals surface area contributed by atoms with Crippen molar-refractivity contribution in [3.05, 3.63) is 29.6 Å². The van der Waals surface area contributed by atoms with E-state index in [1.807, 2.05) is 29.9 Å². The van der Waals surface area contributed by atoms with Crippen molar-refractivity contribution in [3.8, 4) is 11.5 Å². The maximum Gasteiger partial charge on any atom is 0.231 e. The van der Waals surface area contributed by atoms with E-state index < -0.39 is 0 Å². The van der Waals surface area contributed by atoms with Crippen LogP contribution in [0, 0.1) is 24.2 Å². The number of nitrogens with zero attached hydrogens (tertiary/aromatic N) is 4. The van der Waals surface area contributed by atoms with Crippen LogP contribution in [0.25, 0.3) is 0 Å². The fourth-order valence-corrected chi connectivity index (χ4v) is 6.62. The lowest BCUT2D eigenvalue weighted by atomic mass is 9.46. The molecule has 1 amide bonds. The number of benzene rings is 1. The summed E-state index contributed by atoms with van der Waals surface area (Å²) in [6.07, 6.45) is 6.13. The van der Waals surface area contributed by atoms with Gasteiger partial charge in [0.1, 0.15) is 0 Å². The summed E-state index contributed by atoms with van der Waals surface area (Å²) in [5.74, 6) is 3.52.